The van der Waals surface area contributed by atoms with Crippen LogP contribution >= 0.6 is 0 Å². The molecule has 1 fully saturated rings. The SMILES string of the molecule is C=C1NCC(C)(C)/C(=C/C)C1=C. The number of hydrogen-bond acceptors (Lipinski definition) is 1. The molecule has 1 nitrogen and oxygen atoms in total. The van der Waals surface area contributed by atoms with Gasteiger partial charge in [0.25, 0.3) is 0 Å². The van der Waals surface area contributed by atoms with Crippen LogP contribution in [0.5, 0.6) is 0 Å². The summed E-state index contributed by atoms with van der Waals surface area (Å²) in [6, 6.07) is 0. The Bertz CT molecular complexity index is 256. The standard InChI is InChI=1S/C11H17N/c1-6-10-8(2)9(3)12-7-11(10,4)5/h6,12H,2-3,7H2,1,4-5H3/b10-6+. The van der Waals surface area contributed by atoms with Gasteiger partial charge in [0.2, 0.25) is 0 Å². The van der Waals surface area contributed by atoms with E-state index in [4.69, 9.17) is 0 Å². The predicted molar refractivity (Wildman–Crippen MR) is 53.8 cm³/mol. The minimum atomic E-state index is 0.188. The van der Waals surface area contributed by atoms with Gasteiger partial charge in [-0.2, -0.15) is 0 Å². The first-order chi connectivity index (χ1) is 5.49. The van der Waals surface area contributed by atoms with Gasteiger partial charge < -0.3 is 5.32 Å². The van der Waals surface area contributed by atoms with Gasteiger partial charge in [0.05, 0.1) is 0 Å². The van der Waals surface area contributed by atoms with E-state index in [1.165, 1.54) is 5.57 Å². The molecule has 1 heteroatoms. The fourth-order valence-corrected chi connectivity index (χ4v) is 1.67. The maximum atomic E-state index is 4.01. The van der Waals surface area contributed by atoms with Gasteiger partial charge in [0, 0.05) is 17.7 Å². The van der Waals surface area contributed by atoms with Crippen LogP contribution in [0.3, 0.4) is 0 Å². The lowest BCUT2D eigenvalue weighted by Gasteiger charge is -2.36. The fraction of sp³-hybridized carbons (Fsp3) is 0.455. The molecule has 1 N–H and O–H groups in total. The van der Waals surface area contributed by atoms with Crippen molar-refractivity contribution in [3.05, 3.63) is 36.1 Å². The van der Waals surface area contributed by atoms with Gasteiger partial charge in [-0.05, 0) is 18.1 Å². The molecular formula is C11H17N. The molecule has 0 aromatic heterocycles. The molecule has 0 atom stereocenters. The minimum absolute atomic E-state index is 0.188. The van der Waals surface area contributed by atoms with Crippen LogP contribution < -0.4 is 5.32 Å². The summed E-state index contributed by atoms with van der Waals surface area (Å²) in [5.41, 5.74) is 3.51. The van der Waals surface area contributed by atoms with Gasteiger partial charge in [-0.25, -0.2) is 0 Å². The van der Waals surface area contributed by atoms with Gasteiger partial charge in [0.15, 0.2) is 0 Å². The Labute approximate surface area is 74.9 Å². The van der Waals surface area contributed by atoms with E-state index in [0.29, 0.717) is 0 Å². The molecular weight excluding hydrogens is 146 g/mol. The van der Waals surface area contributed by atoms with Crippen molar-refractivity contribution in [2.45, 2.75) is 20.8 Å². The topological polar surface area (TPSA) is 12.0 Å². The Morgan fingerprint density at radius 3 is 2.42 bits per heavy atom. The van der Waals surface area contributed by atoms with Crippen molar-refractivity contribution in [3.8, 4) is 0 Å². The number of piperidine rings is 1. The number of nitrogens with one attached hydrogen (secondary N) is 1. The number of rotatable bonds is 0. The Balaban J connectivity index is 3.04. The lowest BCUT2D eigenvalue weighted by atomic mass is 9.76. The molecule has 0 aromatic rings. The van der Waals surface area contributed by atoms with Crippen LogP contribution in [0.25, 0.3) is 0 Å². The van der Waals surface area contributed by atoms with E-state index in [-0.39, 0.29) is 5.41 Å². The molecule has 0 saturated carbocycles. The van der Waals surface area contributed by atoms with E-state index in [1.807, 2.05) is 0 Å². The summed E-state index contributed by atoms with van der Waals surface area (Å²) in [6.07, 6.45) is 2.13. The molecule has 0 aromatic carbocycles. The van der Waals surface area contributed by atoms with Crippen LogP contribution in [0.1, 0.15) is 20.8 Å². The van der Waals surface area contributed by atoms with Gasteiger partial charge in [-0.3, -0.25) is 0 Å². The molecule has 0 spiro atoms. The van der Waals surface area contributed by atoms with Crippen molar-refractivity contribution in [2.75, 3.05) is 6.54 Å². The molecule has 0 bridgehead atoms. The largest absolute Gasteiger partial charge is 0.384 e. The Morgan fingerprint density at radius 2 is 2.00 bits per heavy atom. The third-order valence-electron chi connectivity index (χ3n) is 2.45. The van der Waals surface area contributed by atoms with E-state index in [1.54, 1.807) is 0 Å². The van der Waals surface area contributed by atoms with Crippen molar-refractivity contribution in [2.24, 2.45) is 5.41 Å². The van der Waals surface area contributed by atoms with Crippen LogP contribution in [-0.4, -0.2) is 6.54 Å². The zero-order valence-electron chi connectivity index (χ0n) is 8.20. The third-order valence-corrected chi connectivity index (χ3v) is 2.45. The van der Waals surface area contributed by atoms with Crippen molar-refractivity contribution in [3.63, 3.8) is 0 Å². The maximum Gasteiger partial charge on any atom is 0.0337 e. The van der Waals surface area contributed by atoms with Crippen molar-refractivity contribution in [1.82, 2.24) is 5.32 Å². The Kier molecular flexibility index (Phi) is 2.14. The van der Waals surface area contributed by atoms with Crippen LogP contribution in [0.4, 0.5) is 0 Å². The molecule has 0 radical (unpaired) electrons. The van der Waals surface area contributed by atoms with Crippen molar-refractivity contribution >= 4 is 0 Å². The fourth-order valence-electron chi connectivity index (χ4n) is 1.67. The molecule has 0 amide bonds. The molecule has 12 heavy (non-hydrogen) atoms. The van der Waals surface area contributed by atoms with E-state index < -0.39 is 0 Å². The van der Waals surface area contributed by atoms with Gasteiger partial charge in [0.1, 0.15) is 0 Å². The van der Waals surface area contributed by atoms with Crippen molar-refractivity contribution in [1.29, 1.82) is 0 Å². The zero-order valence-corrected chi connectivity index (χ0v) is 8.20. The van der Waals surface area contributed by atoms with Gasteiger partial charge in [-0.15, -0.1) is 0 Å². The molecule has 1 saturated heterocycles. The molecule has 0 unspecified atom stereocenters. The van der Waals surface area contributed by atoms with Crippen molar-refractivity contribution < 1.29 is 0 Å². The summed E-state index contributed by atoms with van der Waals surface area (Å²) in [4.78, 5) is 0. The number of allylic oxidation sites excluding steroid dienone is 2. The smallest absolute Gasteiger partial charge is 0.0337 e. The van der Waals surface area contributed by atoms with Gasteiger partial charge >= 0.3 is 0 Å². The monoisotopic (exact) mass is 163 g/mol. The third kappa shape index (κ3) is 1.31. The highest BCUT2D eigenvalue weighted by Gasteiger charge is 2.29. The molecule has 1 rings (SSSR count). The predicted octanol–water partition coefficient (Wildman–Crippen LogP) is 2.63. The summed E-state index contributed by atoms with van der Waals surface area (Å²) < 4.78 is 0. The summed E-state index contributed by atoms with van der Waals surface area (Å²) >= 11 is 0. The highest BCUT2D eigenvalue weighted by Crippen LogP contribution is 2.36. The lowest BCUT2D eigenvalue weighted by molar-refractivity contribution is 0.412. The first kappa shape index (κ1) is 9.11. The van der Waals surface area contributed by atoms with E-state index in [2.05, 4.69) is 45.3 Å². The van der Waals surface area contributed by atoms with Crippen LogP contribution in [0.15, 0.2) is 36.1 Å². The minimum Gasteiger partial charge on any atom is -0.384 e. The summed E-state index contributed by atoms with van der Waals surface area (Å²) in [7, 11) is 0. The second-order valence-corrected chi connectivity index (χ2v) is 3.90. The maximum absolute atomic E-state index is 4.01. The quantitative estimate of drug-likeness (QED) is 0.579. The zero-order chi connectivity index (χ0) is 9.35. The highest BCUT2D eigenvalue weighted by molar-refractivity contribution is 5.48. The van der Waals surface area contributed by atoms with E-state index >= 15 is 0 Å². The summed E-state index contributed by atoms with van der Waals surface area (Å²) in [5, 5.41) is 3.25. The van der Waals surface area contributed by atoms with E-state index in [9.17, 15) is 0 Å². The molecule has 1 aliphatic heterocycles. The Hall–Kier alpha value is -0.980. The molecule has 1 heterocycles. The normalized spacial score (nSPS) is 25.8. The molecule has 1 aliphatic rings. The lowest BCUT2D eigenvalue weighted by Crippen LogP contribution is -2.37. The van der Waals surface area contributed by atoms with Crippen LogP contribution in [-0.2, 0) is 0 Å². The van der Waals surface area contributed by atoms with Crippen LogP contribution in [0.2, 0.25) is 0 Å². The number of hydrogen-bond donors (Lipinski definition) is 1. The van der Waals surface area contributed by atoms with Crippen LogP contribution in [0, 0.1) is 5.41 Å². The second-order valence-electron chi connectivity index (χ2n) is 3.90. The Morgan fingerprint density at radius 1 is 1.42 bits per heavy atom. The average Bonchev–Trinajstić information content (AvgIpc) is 1.99. The van der Waals surface area contributed by atoms with E-state index in [0.717, 1.165) is 17.8 Å². The summed E-state index contributed by atoms with van der Waals surface area (Å²) in [6.45, 7) is 15.4. The second kappa shape index (κ2) is 2.81. The van der Waals surface area contributed by atoms with Gasteiger partial charge in [-0.1, -0.05) is 33.1 Å². The highest BCUT2D eigenvalue weighted by atomic mass is 14.9. The summed E-state index contributed by atoms with van der Waals surface area (Å²) in [5.74, 6) is 0. The molecule has 0 aliphatic carbocycles. The first-order valence-corrected chi connectivity index (χ1v) is 4.28. The molecule has 66 valence electrons. The first-order valence-electron chi connectivity index (χ1n) is 4.28. The average molecular weight is 163 g/mol.